The Labute approximate surface area is 135 Å². The van der Waals surface area contributed by atoms with E-state index in [0.29, 0.717) is 23.6 Å². The summed E-state index contributed by atoms with van der Waals surface area (Å²) in [5.41, 5.74) is 4.07. The van der Waals surface area contributed by atoms with E-state index in [1.807, 2.05) is 19.1 Å². The first-order valence-electron chi connectivity index (χ1n) is 7.28. The molecular weight excluding hydrogens is 292 g/mol. The van der Waals surface area contributed by atoms with Crippen LogP contribution in [-0.2, 0) is 4.79 Å². The number of methoxy groups -OCH3 is 1. The van der Waals surface area contributed by atoms with Crippen LogP contribution in [0.2, 0.25) is 0 Å². The highest BCUT2D eigenvalue weighted by atomic mass is 16.5. The molecule has 0 aromatic heterocycles. The van der Waals surface area contributed by atoms with Crippen LogP contribution in [0.5, 0.6) is 5.75 Å². The van der Waals surface area contributed by atoms with Crippen LogP contribution in [0.15, 0.2) is 36.5 Å². The Balaban J connectivity index is 2.57. The van der Waals surface area contributed by atoms with Gasteiger partial charge in [0, 0.05) is 23.7 Å². The topological polar surface area (TPSA) is 89.2 Å². The van der Waals surface area contributed by atoms with Gasteiger partial charge >= 0.3 is 0 Å². The highest BCUT2D eigenvalue weighted by Crippen LogP contribution is 2.42. The molecule has 0 unspecified atom stereocenters. The molecule has 1 aliphatic rings. The van der Waals surface area contributed by atoms with Gasteiger partial charge in [-0.15, -0.1) is 0 Å². The van der Waals surface area contributed by atoms with Gasteiger partial charge in [-0.1, -0.05) is 24.8 Å². The zero-order valence-corrected chi connectivity index (χ0v) is 13.1. The summed E-state index contributed by atoms with van der Waals surface area (Å²) in [5, 5.41) is 20.2. The summed E-state index contributed by atoms with van der Waals surface area (Å²) >= 11 is 0. The van der Waals surface area contributed by atoms with Gasteiger partial charge in [-0.3, -0.25) is 15.2 Å². The van der Waals surface area contributed by atoms with Gasteiger partial charge in [0.1, 0.15) is 11.7 Å². The van der Waals surface area contributed by atoms with Crippen molar-refractivity contribution in [3.8, 4) is 17.9 Å². The fourth-order valence-corrected chi connectivity index (χ4v) is 2.90. The molecular formula is C17H18N4O2. The average Bonchev–Trinajstić information content (AvgIpc) is 2.86. The van der Waals surface area contributed by atoms with E-state index in [-0.39, 0.29) is 5.91 Å². The number of nitrogens with zero attached hydrogens (tertiary/aromatic N) is 3. The number of carbonyl (C=O) groups excluding carboxylic acids is 1. The highest BCUT2D eigenvalue weighted by molar-refractivity contribution is 5.85. The van der Waals surface area contributed by atoms with E-state index < -0.39 is 17.8 Å². The van der Waals surface area contributed by atoms with Crippen LogP contribution in [0.1, 0.15) is 18.4 Å². The molecule has 1 N–H and O–H groups in total. The molecule has 0 saturated carbocycles. The Morgan fingerprint density at radius 3 is 2.57 bits per heavy atom. The van der Waals surface area contributed by atoms with Crippen LogP contribution in [-0.4, -0.2) is 24.6 Å². The van der Waals surface area contributed by atoms with Crippen molar-refractivity contribution < 1.29 is 9.53 Å². The van der Waals surface area contributed by atoms with Crippen LogP contribution < -0.4 is 10.2 Å². The number of nitrogens with one attached hydrogen (secondary N) is 1. The number of amides is 1. The summed E-state index contributed by atoms with van der Waals surface area (Å²) in [7, 11) is 1.52. The number of nitriles is 2. The first kappa shape index (κ1) is 16.4. The van der Waals surface area contributed by atoms with Gasteiger partial charge in [0.15, 0.2) is 0 Å². The molecule has 1 fully saturated rings. The Hall–Kier alpha value is -2.99. The van der Waals surface area contributed by atoms with Gasteiger partial charge in [-0.25, -0.2) is 0 Å². The van der Waals surface area contributed by atoms with Gasteiger partial charge in [0.2, 0.25) is 0 Å². The first-order chi connectivity index (χ1) is 11.1. The third-order valence-corrected chi connectivity index (χ3v) is 4.00. The molecule has 6 heteroatoms. The number of para-hydroxylation sites is 1. The molecule has 2 rings (SSSR count). The first-order valence-corrected chi connectivity index (χ1v) is 7.28. The predicted molar refractivity (Wildman–Crippen MR) is 83.6 cm³/mol. The number of hydrazine groups is 1. The van der Waals surface area contributed by atoms with Crippen molar-refractivity contribution >= 4 is 5.91 Å². The van der Waals surface area contributed by atoms with Crippen LogP contribution >= 0.6 is 0 Å². The minimum atomic E-state index is -0.990. The molecule has 2 atom stereocenters. The van der Waals surface area contributed by atoms with E-state index >= 15 is 0 Å². The Morgan fingerprint density at radius 1 is 1.39 bits per heavy atom. The lowest BCUT2D eigenvalue weighted by molar-refractivity contribution is -0.132. The second kappa shape index (κ2) is 6.85. The lowest BCUT2D eigenvalue weighted by atomic mass is 9.76. The summed E-state index contributed by atoms with van der Waals surface area (Å²) in [4.78, 5) is 12.6. The van der Waals surface area contributed by atoms with E-state index in [0.717, 1.165) is 0 Å². The fourth-order valence-electron chi connectivity index (χ4n) is 2.90. The van der Waals surface area contributed by atoms with Crippen molar-refractivity contribution in [2.75, 3.05) is 13.7 Å². The van der Waals surface area contributed by atoms with Gasteiger partial charge in [0.05, 0.1) is 25.2 Å². The average molecular weight is 310 g/mol. The summed E-state index contributed by atoms with van der Waals surface area (Å²) < 4.78 is 5.35. The summed E-state index contributed by atoms with van der Waals surface area (Å²) in [6.45, 7) is 6.21. The van der Waals surface area contributed by atoms with Crippen LogP contribution in [0.25, 0.3) is 0 Å². The molecule has 1 aromatic rings. The number of benzene rings is 1. The third kappa shape index (κ3) is 2.84. The van der Waals surface area contributed by atoms with Crippen LogP contribution in [0, 0.1) is 34.5 Å². The molecule has 1 aliphatic heterocycles. The number of carbonyl (C=O) groups is 1. The van der Waals surface area contributed by atoms with Crippen molar-refractivity contribution in [3.63, 3.8) is 0 Å². The zero-order chi connectivity index (χ0) is 17.0. The molecule has 118 valence electrons. The number of hydrogen-bond donors (Lipinski definition) is 1. The van der Waals surface area contributed by atoms with Crippen molar-refractivity contribution in [1.29, 1.82) is 10.5 Å². The second-order valence-corrected chi connectivity index (χ2v) is 5.20. The number of hydrogen-bond acceptors (Lipinski definition) is 5. The molecule has 0 radical (unpaired) electrons. The molecule has 1 aromatic carbocycles. The third-order valence-electron chi connectivity index (χ3n) is 4.00. The standard InChI is InChI=1S/C17H18N4O2/c1-4-21-17(22)15(11(2)20-21)16(12(9-18)10-19)13-7-5-6-8-14(13)23-3/h5-8,12,15-16,20H,2,4H2,1,3H3/t15-,16+/m1/s1. The smallest absolute Gasteiger partial charge is 0.250 e. The maximum absolute atomic E-state index is 12.6. The van der Waals surface area contributed by atoms with E-state index in [9.17, 15) is 15.3 Å². The molecule has 1 heterocycles. The predicted octanol–water partition coefficient (Wildman–Crippen LogP) is 1.94. The number of ether oxygens (including phenoxy) is 1. The Kier molecular flexibility index (Phi) is 4.88. The van der Waals surface area contributed by atoms with Gasteiger partial charge in [-0.2, -0.15) is 10.5 Å². The van der Waals surface area contributed by atoms with E-state index in [2.05, 4.69) is 12.0 Å². The maximum Gasteiger partial charge on any atom is 0.250 e. The van der Waals surface area contributed by atoms with Crippen molar-refractivity contribution in [2.24, 2.45) is 11.8 Å². The molecule has 0 aliphatic carbocycles. The normalized spacial score (nSPS) is 18.3. The maximum atomic E-state index is 12.6. The Bertz CT molecular complexity index is 687. The van der Waals surface area contributed by atoms with Crippen molar-refractivity contribution in [3.05, 3.63) is 42.1 Å². The van der Waals surface area contributed by atoms with E-state index in [4.69, 9.17) is 4.74 Å². The monoisotopic (exact) mass is 310 g/mol. The molecule has 0 spiro atoms. The van der Waals surface area contributed by atoms with Crippen LogP contribution in [0.3, 0.4) is 0 Å². The molecule has 0 bridgehead atoms. The van der Waals surface area contributed by atoms with Gasteiger partial charge < -0.3 is 4.74 Å². The molecule has 23 heavy (non-hydrogen) atoms. The zero-order valence-electron chi connectivity index (χ0n) is 13.1. The number of rotatable bonds is 5. The lowest BCUT2D eigenvalue weighted by Gasteiger charge is -2.24. The van der Waals surface area contributed by atoms with Crippen molar-refractivity contribution in [1.82, 2.24) is 10.4 Å². The fraction of sp³-hybridized carbons (Fsp3) is 0.353. The van der Waals surface area contributed by atoms with Gasteiger partial charge in [0.25, 0.3) is 5.91 Å². The molecule has 1 amide bonds. The summed E-state index contributed by atoms with van der Waals surface area (Å²) in [6.07, 6.45) is 0. The van der Waals surface area contributed by atoms with E-state index in [1.54, 1.807) is 24.3 Å². The summed E-state index contributed by atoms with van der Waals surface area (Å²) in [6, 6.07) is 11.1. The minimum Gasteiger partial charge on any atom is -0.496 e. The Morgan fingerprint density at radius 2 is 2.04 bits per heavy atom. The molecule has 6 nitrogen and oxygen atoms in total. The highest BCUT2D eigenvalue weighted by Gasteiger charge is 2.45. The largest absolute Gasteiger partial charge is 0.496 e. The van der Waals surface area contributed by atoms with Crippen LogP contribution in [0.4, 0.5) is 0 Å². The summed E-state index contributed by atoms with van der Waals surface area (Å²) in [5.74, 6) is -1.97. The minimum absolute atomic E-state index is 0.191. The quantitative estimate of drug-likeness (QED) is 0.897. The van der Waals surface area contributed by atoms with Gasteiger partial charge in [-0.05, 0) is 13.0 Å². The van der Waals surface area contributed by atoms with Crippen molar-refractivity contribution in [2.45, 2.75) is 12.8 Å². The lowest BCUT2D eigenvalue weighted by Crippen LogP contribution is -2.35. The second-order valence-electron chi connectivity index (χ2n) is 5.20. The SMILES string of the molecule is C=C1NN(CC)C(=O)[C@H]1[C@H](c1ccccc1OC)C(C#N)C#N. The van der Waals surface area contributed by atoms with E-state index in [1.165, 1.54) is 12.1 Å². The molecule has 1 saturated heterocycles.